The van der Waals surface area contributed by atoms with Gasteiger partial charge in [-0.05, 0) is 28.1 Å². The van der Waals surface area contributed by atoms with Gasteiger partial charge < -0.3 is 4.74 Å². The lowest BCUT2D eigenvalue weighted by Crippen LogP contribution is -1.92. The molecule has 0 aliphatic rings. The molecule has 2 rings (SSSR count). The van der Waals surface area contributed by atoms with E-state index in [0.717, 1.165) is 18.2 Å². The second-order valence-corrected chi connectivity index (χ2v) is 5.34. The van der Waals surface area contributed by atoms with Gasteiger partial charge in [-0.15, -0.1) is 0 Å². The highest BCUT2D eigenvalue weighted by molar-refractivity contribution is 9.10. The van der Waals surface area contributed by atoms with Gasteiger partial charge in [-0.2, -0.15) is 0 Å². The van der Waals surface area contributed by atoms with Crippen LogP contribution in [0.1, 0.15) is 0 Å². The molecule has 0 aliphatic heterocycles. The van der Waals surface area contributed by atoms with Crippen molar-refractivity contribution in [3.8, 4) is 11.5 Å². The third kappa shape index (κ3) is 3.20. The lowest BCUT2D eigenvalue weighted by molar-refractivity contribution is -0.384. The fourth-order valence-corrected chi connectivity index (χ4v) is 2.30. The van der Waals surface area contributed by atoms with Crippen LogP contribution in [0.3, 0.4) is 0 Å². The topological polar surface area (TPSA) is 52.4 Å². The van der Waals surface area contributed by atoms with E-state index < -0.39 is 10.7 Å². The third-order valence-electron chi connectivity index (χ3n) is 2.30. The first-order chi connectivity index (χ1) is 9.38. The van der Waals surface area contributed by atoms with Crippen molar-refractivity contribution < 1.29 is 14.1 Å². The molecule has 0 fully saturated rings. The minimum Gasteiger partial charge on any atom is -0.453 e. The van der Waals surface area contributed by atoms with Crippen molar-refractivity contribution in [2.45, 2.75) is 0 Å². The number of benzene rings is 2. The maximum Gasteiger partial charge on any atom is 0.272 e. The van der Waals surface area contributed by atoms with Crippen molar-refractivity contribution in [2.75, 3.05) is 0 Å². The van der Waals surface area contributed by atoms with Gasteiger partial charge in [0.15, 0.2) is 5.75 Å². The van der Waals surface area contributed by atoms with Crippen molar-refractivity contribution in [1.29, 1.82) is 0 Å². The number of halogens is 4. The summed E-state index contributed by atoms with van der Waals surface area (Å²) in [6.07, 6.45) is 0. The molecule has 2 aromatic carbocycles. The average molecular weight is 381 g/mol. The van der Waals surface area contributed by atoms with Crippen LogP contribution >= 0.6 is 39.1 Å². The van der Waals surface area contributed by atoms with Gasteiger partial charge in [-0.1, -0.05) is 23.2 Å². The van der Waals surface area contributed by atoms with Crippen molar-refractivity contribution in [2.24, 2.45) is 0 Å². The van der Waals surface area contributed by atoms with Crippen molar-refractivity contribution in [3.63, 3.8) is 0 Å². The van der Waals surface area contributed by atoms with Gasteiger partial charge in [-0.3, -0.25) is 10.1 Å². The molecular formula is C12H5BrCl2FNO3. The Morgan fingerprint density at radius 2 is 1.80 bits per heavy atom. The number of ether oxygens (including phenoxy) is 1. The second-order valence-electron chi connectivity index (χ2n) is 3.67. The average Bonchev–Trinajstić information content (AvgIpc) is 2.37. The summed E-state index contributed by atoms with van der Waals surface area (Å²) >= 11 is 15.0. The Kier molecular flexibility index (Phi) is 4.47. The summed E-state index contributed by atoms with van der Waals surface area (Å²) in [4.78, 5) is 10.0. The summed E-state index contributed by atoms with van der Waals surface area (Å²) in [7, 11) is 0. The molecule has 0 saturated heterocycles. The first-order valence-corrected chi connectivity index (χ1v) is 6.69. The van der Waals surface area contributed by atoms with Gasteiger partial charge in [0.25, 0.3) is 5.69 Å². The van der Waals surface area contributed by atoms with Crippen molar-refractivity contribution in [1.82, 2.24) is 0 Å². The van der Waals surface area contributed by atoms with Crippen LogP contribution < -0.4 is 4.74 Å². The summed E-state index contributed by atoms with van der Waals surface area (Å²) in [5.41, 5.74) is -0.259. The zero-order chi connectivity index (χ0) is 14.9. The number of hydrogen-bond acceptors (Lipinski definition) is 3. The minimum absolute atomic E-state index is 0.0187. The van der Waals surface area contributed by atoms with Crippen LogP contribution in [-0.4, -0.2) is 4.92 Å². The molecule has 0 saturated carbocycles. The lowest BCUT2D eigenvalue weighted by Gasteiger charge is -2.11. The second kappa shape index (κ2) is 5.95. The zero-order valence-corrected chi connectivity index (χ0v) is 12.7. The molecule has 0 aromatic heterocycles. The fourth-order valence-electron chi connectivity index (χ4n) is 1.41. The molecule has 0 atom stereocenters. The van der Waals surface area contributed by atoms with Gasteiger partial charge in [0.05, 0.1) is 19.4 Å². The fraction of sp³-hybridized carbons (Fsp3) is 0. The van der Waals surface area contributed by atoms with E-state index in [0.29, 0.717) is 4.47 Å². The molecule has 104 valence electrons. The normalized spacial score (nSPS) is 10.4. The minimum atomic E-state index is -0.625. The third-order valence-corrected chi connectivity index (χ3v) is 3.52. The van der Waals surface area contributed by atoms with E-state index in [1.165, 1.54) is 12.1 Å². The molecule has 2 aromatic rings. The number of non-ortho nitro benzene ring substituents is 1. The van der Waals surface area contributed by atoms with Crippen LogP contribution in [0.15, 0.2) is 34.8 Å². The van der Waals surface area contributed by atoms with Gasteiger partial charge in [0, 0.05) is 18.2 Å². The van der Waals surface area contributed by atoms with E-state index >= 15 is 0 Å². The number of rotatable bonds is 3. The Labute approximate surface area is 131 Å². The van der Waals surface area contributed by atoms with E-state index in [2.05, 4.69) is 15.9 Å². The summed E-state index contributed by atoms with van der Waals surface area (Å²) in [5.74, 6) is -0.328. The molecular weight excluding hydrogens is 376 g/mol. The highest BCUT2D eigenvalue weighted by Crippen LogP contribution is 2.41. The van der Waals surface area contributed by atoms with Gasteiger partial charge in [0.1, 0.15) is 11.6 Å². The van der Waals surface area contributed by atoms with Crippen LogP contribution in [0.2, 0.25) is 10.0 Å². The van der Waals surface area contributed by atoms with Crippen LogP contribution in [0.25, 0.3) is 0 Å². The molecule has 4 nitrogen and oxygen atoms in total. The quantitative estimate of drug-likeness (QED) is 0.514. The standard InChI is InChI=1S/C12H5BrCl2FNO3/c13-8-2-1-6(16)3-11(8)20-12-9(14)4-7(17(18)19)5-10(12)15/h1-5H. The number of nitro benzene ring substituents is 1. The van der Waals surface area contributed by atoms with Crippen LogP contribution in [0.4, 0.5) is 10.1 Å². The number of nitrogens with zero attached hydrogens (tertiary/aromatic N) is 1. The SMILES string of the molecule is O=[N+]([O-])c1cc(Cl)c(Oc2cc(F)ccc2Br)c(Cl)c1. The highest BCUT2D eigenvalue weighted by atomic mass is 79.9. The van der Waals surface area contributed by atoms with Crippen molar-refractivity contribution >= 4 is 44.8 Å². The molecule has 0 heterocycles. The molecule has 0 unspecified atom stereocenters. The Balaban J connectivity index is 2.44. The summed E-state index contributed by atoms with van der Waals surface area (Å²) in [5, 5.41) is 10.6. The van der Waals surface area contributed by atoms with E-state index in [9.17, 15) is 14.5 Å². The van der Waals surface area contributed by atoms with Gasteiger partial charge >= 0.3 is 0 Å². The highest BCUT2D eigenvalue weighted by Gasteiger charge is 2.17. The largest absolute Gasteiger partial charge is 0.453 e. The smallest absolute Gasteiger partial charge is 0.272 e. The van der Waals surface area contributed by atoms with Gasteiger partial charge in [0.2, 0.25) is 0 Å². The van der Waals surface area contributed by atoms with E-state index in [-0.39, 0.29) is 27.2 Å². The molecule has 0 aliphatic carbocycles. The summed E-state index contributed by atoms with van der Waals surface area (Å²) in [6.45, 7) is 0. The van der Waals surface area contributed by atoms with Crippen LogP contribution in [0.5, 0.6) is 11.5 Å². The Hall–Kier alpha value is -1.37. The van der Waals surface area contributed by atoms with E-state index in [1.807, 2.05) is 0 Å². The van der Waals surface area contributed by atoms with Crippen molar-refractivity contribution in [3.05, 3.63) is 60.8 Å². The van der Waals surface area contributed by atoms with E-state index in [1.54, 1.807) is 0 Å². The van der Waals surface area contributed by atoms with Gasteiger partial charge in [-0.25, -0.2) is 4.39 Å². The lowest BCUT2D eigenvalue weighted by atomic mass is 10.3. The Morgan fingerprint density at radius 1 is 1.20 bits per heavy atom. The predicted molar refractivity (Wildman–Crippen MR) is 77.3 cm³/mol. The Bertz CT molecular complexity index is 673. The maximum absolute atomic E-state index is 13.2. The number of hydrogen-bond donors (Lipinski definition) is 0. The monoisotopic (exact) mass is 379 g/mol. The summed E-state index contributed by atoms with van der Waals surface area (Å²) < 4.78 is 19.1. The predicted octanol–water partition coefficient (Wildman–Crippen LogP) is 5.60. The zero-order valence-electron chi connectivity index (χ0n) is 9.57. The first kappa shape index (κ1) is 15.0. The molecule has 0 radical (unpaired) electrons. The summed E-state index contributed by atoms with van der Waals surface area (Å²) in [6, 6.07) is 6.05. The maximum atomic E-state index is 13.2. The number of nitro groups is 1. The van der Waals surface area contributed by atoms with E-state index in [4.69, 9.17) is 27.9 Å². The van der Waals surface area contributed by atoms with Crippen LogP contribution in [-0.2, 0) is 0 Å². The molecule has 8 heteroatoms. The Morgan fingerprint density at radius 3 is 2.35 bits per heavy atom. The molecule has 0 N–H and O–H groups in total. The molecule has 20 heavy (non-hydrogen) atoms. The molecule has 0 spiro atoms. The molecule has 0 bridgehead atoms. The molecule has 0 amide bonds. The first-order valence-electron chi connectivity index (χ1n) is 5.15. The van der Waals surface area contributed by atoms with Crippen LogP contribution in [0, 0.1) is 15.9 Å².